The molecular formula is C6H3Cl2N2+. The summed E-state index contributed by atoms with van der Waals surface area (Å²) in [5.74, 6) is 0. The average molecular weight is 174 g/mol. The van der Waals surface area contributed by atoms with E-state index in [2.05, 4.69) is 4.98 Å². The van der Waals surface area contributed by atoms with Crippen molar-refractivity contribution in [3.8, 4) is 0 Å². The van der Waals surface area contributed by atoms with Crippen LogP contribution in [0.25, 0.3) is 4.98 Å². The molecular weight excluding hydrogens is 171 g/mol. The van der Waals surface area contributed by atoms with E-state index in [-0.39, 0.29) is 5.69 Å². The number of hydrogen-bond donors (Lipinski definition) is 0. The fraction of sp³-hybridized carbons (Fsp3) is 0. The molecule has 0 unspecified atom stereocenters. The van der Waals surface area contributed by atoms with Gasteiger partial charge >= 0.3 is 5.69 Å². The Morgan fingerprint density at radius 2 is 1.70 bits per heavy atom. The van der Waals surface area contributed by atoms with E-state index in [0.29, 0.717) is 10.0 Å². The van der Waals surface area contributed by atoms with Crippen molar-refractivity contribution < 1.29 is 0 Å². The molecule has 0 amide bonds. The fourth-order valence-electron chi connectivity index (χ4n) is 0.585. The number of benzene rings is 1. The highest BCUT2D eigenvalue weighted by Gasteiger charge is 2.15. The molecule has 4 heteroatoms. The Labute approximate surface area is 68.0 Å². The first-order valence-electron chi connectivity index (χ1n) is 2.55. The van der Waals surface area contributed by atoms with Crippen molar-refractivity contribution in [3.05, 3.63) is 33.2 Å². The van der Waals surface area contributed by atoms with Gasteiger partial charge < -0.3 is 0 Å². The van der Waals surface area contributed by atoms with Crippen molar-refractivity contribution in [2.24, 2.45) is 0 Å². The zero-order valence-electron chi connectivity index (χ0n) is 4.88. The topological polar surface area (TPSA) is 28.1 Å². The molecule has 0 atom stereocenters. The highest BCUT2D eigenvalue weighted by atomic mass is 35.5. The first kappa shape index (κ1) is 7.33. The predicted octanol–water partition coefficient (Wildman–Crippen LogP) is 3.48. The molecule has 50 valence electrons. The largest absolute Gasteiger partial charge is 0.421 e. The van der Waals surface area contributed by atoms with Crippen LogP contribution in [0.1, 0.15) is 0 Å². The monoisotopic (exact) mass is 173 g/mol. The van der Waals surface area contributed by atoms with Crippen LogP contribution in [0.4, 0.5) is 5.69 Å². The van der Waals surface area contributed by atoms with Gasteiger partial charge in [-0.3, -0.25) is 0 Å². The van der Waals surface area contributed by atoms with Crippen molar-refractivity contribution >= 4 is 28.9 Å². The van der Waals surface area contributed by atoms with Gasteiger partial charge in [0.1, 0.15) is 10.0 Å². The summed E-state index contributed by atoms with van der Waals surface area (Å²) < 4.78 is 0. The van der Waals surface area contributed by atoms with Crippen LogP contribution < -0.4 is 0 Å². The minimum Gasteiger partial charge on any atom is -0.0754 e. The molecule has 1 aromatic rings. The molecule has 0 radical (unpaired) electrons. The summed E-state index contributed by atoms with van der Waals surface area (Å²) in [7, 11) is 0. The van der Waals surface area contributed by atoms with Gasteiger partial charge in [-0.15, -0.1) is 0 Å². The van der Waals surface area contributed by atoms with E-state index in [1.165, 1.54) is 0 Å². The van der Waals surface area contributed by atoms with Crippen molar-refractivity contribution in [2.45, 2.75) is 0 Å². The van der Waals surface area contributed by atoms with Gasteiger partial charge in [0.2, 0.25) is 5.39 Å². The van der Waals surface area contributed by atoms with Crippen LogP contribution in [0.15, 0.2) is 18.2 Å². The summed E-state index contributed by atoms with van der Waals surface area (Å²) in [5, 5.41) is 9.04. The smallest absolute Gasteiger partial charge is 0.0754 e. The second kappa shape index (κ2) is 2.87. The first-order chi connectivity index (χ1) is 4.75. The lowest BCUT2D eigenvalue weighted by atomic mass is 10.3. The highest BCUT2D eigenvalue weighted by Crippen LogP contribution is 2.32. The Kier molecular flexibility index (Phi) is 2.10. The van der Waals surface area contributed by atoms with E-state index in [0.717, 1.165) is 0 Å². The van der Waals surface area contributed by atoms with Gasteiger partial charge in [0.15, 0.2) is 4.98 Å². The Morgan fingerprint density at radius 1 is 1.20 bits per heavy atom. The second-order valence-corrected chi connectivity index (χ2v) is 2.48. The van der Waals surface area contributed by atoms with Gasteiger partial charge in [-0.25, -0.2) is 0 Å². The quantitative estimate of drug-likeness (QED) is 0.553. The number of nitrogens with zero attached hydrogens (tertiary/aromatic N) is 2. The van der Waals surface area contributed by atoms with Gasteiger partial charge in [0.25, 0.3) is 0 Å². The summed E-state index contributed by atoms with van der Waals surface area (Å²) in [5.41, 5.74) is 0.214. The van der Waals surface area contributed by atoms with E-state index < -0.39 is 0 Å². The third-order valence-corrected chi connectivity index (χ3v) is 1.65. The second-order valence-electron chi connectivity index (χ2n) is 1.67. The Hall–Kier alpha value is -0.780. The standard InChI is InChI=1S/C6H3Cl2N2/c7-4-2-1-3-5(8)6(4)10-9/h1-3H/q+1. The van der Waals surface area contributed by atoms with Crippen LogP contribution in [-0.2, 0) is 0 Å². The molecule has 10 heavy (non-hydrogen) atoms. The molecule has 0 aliphatic rings. The lowest BCUT2D eigenvalue weighted by molar-refractivity contribution is 1.46. The molecule has 0 aliphatic carbocycles. The molecule has 0 bridgehead atoms. The molecule has 0 saturated carbocycles. The van der Waals surface area contributed by atoms with Crippen LogP contribution in [-0.4, -0.2) is 0 Å². The number of rotatable bonds is 0. The maximum absolute atomic E-state index is 8.36. The Bertz CT molecular complexity index is 270. The molecule has 0 saturated heterocycles. The predicted molar refractivity (Wildman–Crippen MR) is 41.2 cm³/mol. The molecule has 1 aromatic carbocycles. The Morgan fingerprint density at radius 3 is 2.00 bits per heavy atom. The van der Waals surface area contributed by atoms with E-state index in [9.17, 15) is 0 Å². The Balaban J connectivity index is 3.34. The molecule has 0 aliphatic heterocycles. The van der Waals surface area contributed by atoms with Crippen molar-refractivity contribution in [3.63, 3.8) is 0 Å². The lowest BCUT2D eigenvalue weighted by Crippen LogP contribution is -1.66. The van der Waals surface area contributed by atoms with Crippen molar-refractivity contribution in [1.82, 2.24) is 0 Å². The van der Waals surface area contributed by atoms with Crippen LogP contribution >= 0.6 is 23.2 Å². The first-order valence-corrected chi connectivity index (χ1v) is 3.30. The summed E-state index contributed by atoms with van der Waals surface area (Å²) >= 11 is 11.2. The number of hydrogen-bond acceptors (Lipinski definition) is 1. The van der Waals surface area contributed by atoms with Gasteiger partial charge in [-0.05, 0) is 12.1 Å². The maximum Gasteiger partial charge on any atom is 0.421 e. The third kappa shape index (κ3) is 1.21. The molecule has 0 N–H and O–H groups in total. The molecule has 0 aromatic heterocycles. The highest BCUT2D eigenvalue weighted by molar-refractivity contribution is 6.39. The zero-order chi connectivity index (χ0) is 7.56. The number of diazo groups is 1. The zero-order valence-corrected chi connectivity index (χ0v) is 6.39. The van der Waals surface area contributed by atoms with Gasteiger partial charge in [-0.2, -0.15) is 0 Å². The average Bonchev–Trinajstić information content (AvgIpc) is 1.88. The lowest BCUT2D eigenvalue weighted by Gasteiger charge is -1.84. The van der Waals surface area contributed by atoms with Crippen LogP contribution in [0.2, 0.25) is 10.0 Å². The van der Waals surface area contributed by atoms with Gasteiger partial charge in [-0.1, -0.05) is 29.3 Å². The minimum atomic E-state index is 0.214. The van der Waals surface area contributed by atoms with Crippen molar-refractivity contribution in [2.75, 3.05) is 0 Å². The van der Waals surface area contributed by atoms with E-state index in [4.69, 9.17) is 28.6 Å². The molecule has 0 heterocycles. The van der Waals surface area contributed by atoms with Crippen LogP contribution in [0, 0.1) is 5.39 Å². The number of halogens is 2. The normalized spacial score (nSPS) is 8.90. The molecule has 0 spiro atoms. The summed E-state index contributed by atoms with van der Waals surface area (Å²) in [6, 6.07) is 4.88. The van der Waals surface area contributed by atoms with Gasteiger partial charge in [0.05, 0.1) is 0 Å². The SMILES string of the molecule is N#[N+]c1c(Cl)cccc1Cl. The minimum absolute atomic E-state index is 0.214. The fourth-order valence-corrected chi connectivity index (χ4v) is 1.06. The molecule has 2 nitrogen and oxygen atoms in total. The van der Waals surface area contributed by atoms with Crippen molar-refractivity contribution in [1.29, 1.82) is 5.39 Å². The summed E-state index contributed by atoms with van der Waals surface area (Å²) in [6.45, 7) is 0. The van der Waals surface area contributed by atoms with Crippen LogP contribution in [0.3, 0.4) is 0 Å². The molecule has 1 rings (SSSR count). The van der Waals surface area contributed by atoms with Crippen LogP contribution in [0.5, 0.6) is 0 Å². The maximum atomic E-state index is 8.36. The summed E-state index contributed by atoms with van der Waals surface area (Å²) in [4.78, 5) is 2.91. The van der Waals surface area contributed by atoms with E-state index in [1.807, 2.05) is 0 Å². The van der Waals surface area contributed by atoms with Gasteiger partial charge in [0, 0.05) is 0 Å². The van der Waals surface area contributed by atoms with E-state index >= 15 is 0 Å². The molecule has 0 fully saturated rings. The van der Waals surface area contributed by atoms with E-state index in [1.54, 1.807) is 18.2 Å². The summed E-state index contributed by atoms with van der Waals surface area (Å²) in [6.07, 6.45) is 0. The third-order valence-electron chi connectivity index (χ3n) is 1.04.